The van der Waals surface area contributed by atoms with Gasteiger partial charge < -0.3 is 10.2 Å². The zero-order valence-corrected chi connectivity index (χ0v) is 15.1. The minimum absolute atomic E-state index is 0.0806. The van der Waals surface area contributed by atoms with Crippen LogP contribution in [0.25, 0.3) is 10.2 Å². The van der Waals surface area contributed by atoms with Gasteiger partial charge in [-0.05, 0) is 25.0 Å². The molecule has 1 aliphatic heterocycles. The minimum Gasteiger partial charge on any atom is -0.357 e. The Labute approximate surface area is 150 Å². The van der Waals surface area contributed by atoms with Gasteiger partial charge in [0, 0.05) is 32.6 Å². The van der Waals surface area contributed by atoms with Gasteiger partial charge in [-0.2, -0.15) is 0 Å². The maximum Gasteiger partial charge on any atom is 0.243 e. The molecule has 1 unspecified atom stereocenters. The zero-order valence-electron chi connectivity index (χ0n) is 14.3. The standard InChI is InChI=1S/C18H22N4O2S/c1-19-17(23)14-10-21(8-9-22(14)18(24)12-6-7-12)11-16-20-13-4-2-3-5-15(13)25-16/h2-5,12,14H,6-11H2,1H3,(H,19,23). The Morgan fingerprint density at radius 3 is 2.80 bits per heavy atom. The van der Waals surface area contributed by atoms with Gasteiger partial charge in [0.2, 0.25) is 11.8 Å². The van der Waals surface area contributed by atoms with Crippen LogP contribution in [0, 0.1) is 5.92 Å². The van der Waals surface area contributed by atoms with E-state index in [-0.39, 0.29) is 17.7 Å². The van der Waals surface area contributed by atoms with E-state index >= 15 is 0 Å². The lowest BCUT2D eigenvalue weighted by Crippen LogP contribution is -2.60. The topological polar surface area (TPSA) is 65.5 Å². The first-order valence-electron chi connectivity index (χ1n) is 8.74. The van der Waals surface area contributed by atoms with Crippen molar-refractivity contribution >= 4 is 33.4 Å². The summed E-state index contributed by atoms with van der Waals surface area (Å²) in [5.74, 6) is 0.208. The van der Waals surface area contributed by atoms with Crippen LogP contribution in [0.1, 0.15) is 17.8 Å². The molecule has 0 radical (unpaired) electrons. The molecule has 2 aromatic rings. The average molecular weight is 358 g/mol. The Morgan fingerprint density at radius 2 is 2.08 bits per heavy atom. The van der Waals surface area contributed by atoms with Crippen molar-refractivity contribution in [3.05, 3.63) is 29.3 Å². The Balaban J connectivity index is 1.48. The summed E-state index contributed by atoms with van der Waals surface area (Å²) in [6.07, 6.45) is 1.93. The molecule has 1 aromatic heterocycles. The Bertz CT molecular complexity index is 768. The summed E-state index contributed by atoms with van der Waals surface area (Å²) >= 11 is 1.69. The molecular weight excluding hydrogens is 336 g/mol. The Hall–Kier alpha value is -1.99. The van der Waals surface area contributed by atoms with Crippen molar-refractivity contribution in [2.75, 3.05) is 26.7 Å². The number of rotatable bonds is 4. The number of nitrogens with zero attached hydrogens (tertiary/aromatic N) is 3. The van der Waals surface area contributed by atoms with Crippen LogP contribution < -0.4 is 5.32 Å². The lowest BCUT2D eigenvalue weighted by molar-refractivity contribution is -0.144. The van der Waals surface area contributed by atoms with Crippen molar-refractivity contribution in [2.24, 2.45) is 5.92 Å². The van der Waals surface area contributed by atoms with Gasteiger partial charge in [-0.3, -0.25) is 14.5 Å². The lowest BCUT2D eigenvalue weighted by Gasteiger charge is -2.40. The molecule has 2 fully saturated rings. The van der Waals surface area contributed by atoms with Crippen molar-refractivity contribution in [2.45, 2.75) is 25.4 Å². The zero-order chi connectivity index (χ0) is 17.4. The predicted octanol–water partition coefficient (Wildman–Crippen LogP) is 1.47. The van der Waals surface area contributed by atoms with Crippen LogP contribution in [0.4, 0.5) is 0 Å². The number of hydrogen-bond acceptors (Lipinski definition) is 5. The molecule has 4 rings (SSSR count). The molecule has 0 spiro atoms. The van der Waals surface area contributed by atoms with Gasteiger partial charge in [-0.15, -0.1) is 11.3 Å². The molecule has 1 atom stereocenters. The van der Waals surface area contributed by atoms with E-state index in [1.165, 1.54) is 4.70 Å². The fraction of sp³-hybridized carbons (Fsp3) is 0.500. The number of carbonyl (C=O) groups is 2. The van der Waals surface area contributed by atoms with Crippen LogP contribution in [-0.2, 0) is 16.1 Å². The highest BCUT2D eigenvalue weighted by atomic mass is 32.1. The molecule has 25 heavy (non-hydrogen) atoms. The van der Waals surface area contributed by atoms with Crippen LogP contribution in [-0.4, -0.2) is 59.3 Å². The molecule has 7 heteroatoms. The SMILES string of the molecule is CNC(=O)C1CN(Cc2nc3ccccc3s2)CCN1C(=O)C1CC1. The molecule has 1 N–H and O–H groups in total. The van der Waals surface area contributed by atoms with Crippen LogP contribution >= 0.6 is 11.3 Å². The van der Waals surface area contributed by atoms with Gasteiger partial charge in [-0.25, -0.2) is 4.98 Å². The van der Waals surface area contributed by atoms with Gasteiger partial charge in [0.1, 0.15) is 11.0 Å². The smallest absolute Gasteiger partial charge is 0.243 e. The molecule has 6 nitrogen and oxygen atoms in total. The van der Waals surface area contributed by atoms with Gasteiger partial charge in [-0.1, -0.05) is 12.1 Å². The van der Waals surface area contributed by atoms with Crippen molar-refractivity contribution in [3.8, 4) is 0 Å². The number of amides is 2. The van der Waals surface area contributed by atoms with Crippen molar-refractivity contribution in [3.63, 3.8) is 0 Å². The van der Waals surface area contributed by atoms with E-state index in [9.17, 15) is 9.59 Å². The molecule has 1 aromatic carbocycles. The van der Waals surface area contributed by atoms with Gasteiger partial charge in [0.15, 0.2) is 0 Å². The molecule has 1 saturated heterocycles. The summed E-state index contributed by atoms with van der Waals surface area (Å²) in [7, 11) is 1.63. The highest BCUT2D eigenvalue weighted by Gasteiger charge is 2.41. The third kappa shape index (κ3) is 3.39. The second-order valence-electron chi connectivity index (χ2n) is 6.75. The molecule has 2 amide bonds. The van der Waals surface area contributed by atoms with E-state index in [0.717, 1.165) is 36.5 Å². The molecule has 2 heterocycles. The van der Waals surface area contributed by atoms with E-state index < -0.39 is 6.04 Å². The molecular formula is C18H22N4O2S. The molecule has 0 bridgehead atoms. The number of para-hydroxylation sites is 1. The molecule has 132 valence electrons. The summed E-state index contributed by atoms with van der Waals surface area (Å²) in [5.41, 5.74) is 1.02. The molecule has 1 saturated carbocycles. The van der Waals surface area contributed by atoms with Crippen molar-refractivity contribution in [1.29, 1.82) is 0 Å². The fourth-order valence-electron chi connectivity index (χ4n) is 3.38. The first-order valence-corrected chi connectivity index (χ1v) is 9.56. The number of carbonyl (C=O) groups excluding carboxylic acids is 2. The largest absolute Gasteiger partial charge is 0.357 e. The second-order valence-corrected chi connectivity index (χ2v) is 7.86. The number of nitrogens with one attached hydrogen (secondary N) is 1. The van der Waals surface area contributed by atoms with Crippen molar-refractivity contribution < 1.29 is 9.59 Å². The summed E-state index contributed by atoms with van der Waals surface area (Å²) in [4.78, 5) is 33.5. The average Bonchev–Trinajstić information content (AvgIpc) is 3.40. The normalized spacial score (nSPS) is 21.5. The monoisotopic (exact) mass is 358 g/mol. The number of fused-ring (bicyclic) bond motifs is 1. The van der Waals surface area contributed by atoms with Crippen LogP contribution in [0.2, 0.25) is 0 Å². The van der Waals surface area contributed by atoms with Crippen LogP contribution in [0.5, 0.6) is 0 Å². The highest BCUT2D eigenvalue weighted by molar-refractivity contribution is 7.18. The van der Waals surface area contributed by atoms with Gasteiger partial charge in [0.25, 0.3) is 0 Å². The minimum atomic E-state index is -0.402. The van der Waals surface area contributed by atoms with E-state index in [0.29, 0.717) is 13.1 Å². The predicted molar refractivity (Wildman–Crippen MR) is 97.2 cm³/mol. The molecule has 2 aliphatic rings. The third-order valence-electron chi connectivity index (χ3n) is 4.92. The number of piperazine rings is 1. The first-order chi connectivity index (χ1) is 12.2. The number of aromatic nitrogens is 1. The summed E-state index contributed by atoms with van der Waals surface area (Å²) < 4.78 is 1.18. The first kappa shape index (κ1) is 16.5. The lowest BCUT2D eigenvalue weighted by atomic mass is 10.1. The van der Waals surface area contributed by atoms with Gasteiger partial charge in [0.05, 0.1) is 16.8 Å². The number of thiazole rings is 1. The number of hydrogen-bond donors (Lipinski definition) is 1. The fourth-order valence-corrected chi connectivity index (χ4v) is 4.39. The van der Waals surface area contributed by atoms with E-state index in [1.54, 1.807) is 23.3 Å². The van der Waals surface area contributed by atoms with E-state index in [4.69, 9.17) is 0 Å². The summed E-state index contributed by atoms with van der Waals surface area (Å²) in [6, 6.07) is 7.72. The maximum atomic E-state index is 12.5. The quantitative estimate of drug-likeness (QED) is 0.899. The second kappa shape index (κ2) is 6.72. The summed E-state index contributed by atoms with van der Waals surface area (Å²) in [6.45, 7) is 2.67. The Morgan fingerprint density at radius 1 is 1.28 bits per heavy atom. The van der Waals surface area contributed by atoms with Crippen LogP contribution in [0.3, 0.4) is 0 Å². The van der Waals surface area contributed by atoms with E-state index in [2.05, 4.69) is 21.3 Å². The van der Waals surface area contributed by atoms with Gasteiger partial charge >= 0.3 is 0 Å². The number of likely N-dealkylation sites (N-methyl/N-ethyl adjacent to an activating group) is 1. The number of benzene rings is 1. The van der Waals surface area contributed by atoms with Crippen molar-refractivity contribution in [1.82, 2.24) is 20.1 Å². The molecule has 1 aliphatic carbocycles. The summed E-state index contributed by atoms with van der Waals surface area (Å²) in [5, 5.41) is 3.77. The van der Waals surface area contributed by atoms with Crippen LogP contribution in [0.15, 0.2) is 24.3 Å². The third-order valence-corrected chi connectivity index (χ3v) is 5.94. The van der Waals surface area contributed by atoms with E-state index in [1.807, 2.05) is 18.2 Å². The maximum absolute atomic E-state index is 12.5. The highest BCUT2D eigenvalue weighted by Crippen LogP contribution is 2.32. The Kier molecular flexibility index (Phi) is 4.43.